The lowest BCUT2D eigenvalue weighted by molar-refractivity contribution is -0.384. The van der Waals surface area contributed by atoms with E-state index in [0.29, 0.717) is 11.4 Å². The third kappa shape index (κ3) is 2.13. The van der Waals surface area contributed by atoms with Crippen molar-refractivity contribution in [1.82, 2.24) is 9.78 Å². The Balaban J connectivity index is 2.46. The number of nitro groups is 1. The molecule has 0 saturated heterocycles. The molecule has 0 bridgehead atoms. The Morgan fingerprint density at radius 3 is 2.88 bits per heavy atom. The van der Waals surface area contributed by atoms with Crippen molar-refractivity contribution in [3.05, 3.63) is 52.3 Å². The predicted molar refractivity (Wildman–Crippen MR) is 59.5 cm³/mol. The van der Waals surface area contributed by atoms with Crippen LogP contribution in [0.3, 0.4) is 0 Å². The molecule has 0 radical (unpaired) electrons. The SMILES string of the molecule is N#CCc1ccn(-c2ccccc2[N+](=O)[O-])n1. The van der Waals surface area contributed by atoms with Gasteiger partial charge < -0.3 is 0 Å². The molecule has 0 atom stereocenters. The lowest BCUT2D eigenvalue weighted by Crippen LogP contribution is -2.01. The molecule has 2 aromatic rings. The van der Waals surface area contributed by atoms with Crippen LogP contribution in [0, 0.1) is 21.4 Å². The molecule has 0 fully saturated rings. The van der Waals surface area contributed by atoms with E-state index in [1.165, 1.54) is 10.7 Å². The topological polar surface area (TPSA) is 84.8 Å². The number of para-hydroxylation sites is 2. The number of hydrogen-bond acceptors (Lipinski definition) is 4. The highest BCUT2D eigenvalue weighted by molar-refractivity contribution is 5.51. The molecule has 0 aliphatic carbocycles. The molecule has 2 rings (SSSR count). The minimum absolute atomic E-state index is 0.0147. The van der Waals surface area contributed by atoms with Crippen LogP contribution in [-0.4, -0.2) is 14.7 Å². The van der Waals surface area contributed by atoms with E-state index in [1.54, 1.807) is 30.5 Å². The standard InChI is InChI=1S/C11H8N4O2/c12-7-5-9-6-8-14(13-9)10-3-1-2-4-11(10)15(16)17/h1-4,6,8H,5H2. The minimum atomic E-state index is -0.457. The van der Waals surface area contributed by atoms with E-state index >= 15 is 0 Å². The van der Waals surface area contributed by atoms with Crippen LogP contribution in [0.25, 0.3) is 5.69 Å². The first-order valence-corrected chi connectivity index (χ1v) is 4.87. The largest absolute Gasteiger partial charge is 0.294 e. The first-order chi connectivity index (χ1) is 8.22. The smallest absolute Gasteiger partial charge is 0.258 e. The van der Waals surface area contributed by atoms with E-state index in [1.807, 2.05) is 6.07 Å². The summed E-state index contributed by atoms with van der Waals surface area (Å²) >= 11 is 0. The van der Waals surface area contributed by atoms with Gasteiger partial charge in [-0.15, -0.1) is 0 Å². The highest BCUT2D eigenvalue weighted by atomic mass is 16.6. The molecule has 0 aliphatic rings. The van der Waals surface area contributed by atoms with Gasteiger partial charge in [0.2, 0.25) is 0 Å². The van der Waals surface area contributed by atoms with Crippen molar-refractivity contribution in [1.29, 1.82) is 5.26 Å². The van der Waals surface area contributed by atoms with Crippen molar-refractivity contribution < 1.29 is 4.92 Å². The molecule has 0 saturated carbocycles. The summed E-state index contributed by atoms with van der Waals surface area (Å²) < 4.78 is 1.41. The molecule has 84 valence electrons. The minimum Gasteiger partial charge on any atom is -0.258 e. The van der Waals surface area contributed by atoms with Crippen molar-refractivity contribution in [3.63, 3.8) is 0 Å². The predicted octanol–water partition coefficient (Wildman–Crippen LogP) is 1.85. The maximum atomic E-state index is 10.8. The van der Waals surface area contributed by atoms with E-state index in [-0.39, 0.29) is 12.1 Å². The summed E-state index contributed by atoms with van der Waals surface area (Å²) in [4.78, 5) is 10.4. The number of nitriles is 1. The average molecular weight is 228 g/mol. The van der Waals surface area contributed by atoms with E-state index in [0.717, 1.165) is 0 Å². The van der Waals surface area contributed by atoms with Crippen molar-refractivity contribution in [2.45, 2.75) is 6.42 Å². The molecule has 6 heteroatoms. The summed E-state index contributed by atoms with van der Waals surface area (Å²) in [6.45, 7) is 0. The van der Waals surface area contributed by atoms with E-state index in [4.69, 9.17) is 5.26 Å². The first kappa shape index (κ1) is 10.8. The van der Waals surface area contributed by atoms with Crippen LogP contribution >= 0.6 is 0 Å². The number of rotatable bonds is 3. The zero-order chi connectivity index (χ0) is 12.3. The van der Waals surface area contributed by atoms with Gasteiger partial charge in [0.05, 0.1) is 23.1 Å². The lowest BCUT2D eigenvalue weighted by atomic mass is 10.3. The summed E-state index contributed by atoms with van der Waals surface area (Å²) in [5, 5.41) is 23.5. The van der Waals surface area contributed by atoms with Gasteiger partial charge in [-0.1, -0.05) is 12.1 Å². The summed E-state index contributed by atoms with van der Waals surface area (Å²) in [7, 11) is 0. The molecule has 1 aromatic carbocycles. The van der Waals surface area contributed by atoms with Gasteiger partial charge in [0.25, 0.3) is 5.69 Å². The number of aromatic nitrogens is 2. The van der Waals surface area contributed by atoms with Crippen LogP contribution in [0.1, 0.15) is 5.69 Å². The second-order valence-corrected chi connectivity index (χ2v) is 3.33. The highest BCUT2D eigenvalue weighted by Gasteiger charge is 2.14. The van der Waals surface area contributed by atoms with E-state index in [2.05, 4.69) is 5.10 Å². The third-order valence-corrected chi connectivity index (χ3v) is 2.23. The van der Waals surface area contributed by atoms with Gasteiger partial charge >= 0.3 is 0 Å². The Morgan fingerprint density at radius 1 is 1.41 bits per heavy atom. The molecule has 0 N–H and O–H groups in total. The van der Waals surface area contributed by atoms with E-state index in [9.17, 15) is 10.1 Å². The molecule has 1 heterocycles. The highest BCUT2D eigenvalue weighted by Crippen LogP contribution is 2.21. The van der Waals surface area contributed by atoms with Gasteiger partial charge in [0, 0.05) is 12.3 Å². The normalized spacial score (nSPS) is 9.82. The van der Waals surface area contributed by atoms with Crippen LogP contribution in [-0.2, 0) is 6.42 Å². The maximum Gasteiger partial charge on any atom is 0.294 e. The quantitative estimate of drug-likeness (QED) is 0.592. The van der Waals surface area contributed by atoms with Gasteiger partial charge in [-0.25, -0.2) is 4.68 Å². The van der Waals surface area contributed by atoms with Crippen molar-refractivity contribution in [3.8, 4) is 11.8 Å². The molecule has 0 unspecified atom stereocenters. The van der Waals surface area contributed by atoms with Crippen LogP contribution in [0.4, 0.5) is 5.69 Å². The van der Waals surface area contributed by atoms with Crippen LogP contribution in [0.15, 0.2) is 36.5 Å². The lowest BCUT2D eigenvalue weighted by Gasteiger charge is -2.01. The Hall–Kier alpha value is -2.68. The summed E-state index contributed by atoms with van der Waals surface area (Å²) in [5.41, 5.74) is 0.964. The van der Waals surface area contributed by atoms with Crippen molar-refractivity contribution >= 4 is 5.69 Å². The number of hydrogen-bond donors (Lipinski definition) is 0. The summed E-state index contributed by atoms with van der Waals surface area (Å²) in [6.07, 6.45) is 1.79. The van der Waals surface area contributed by atoms with Crippen LogP contribution in [0.5, 0.6) is 0 Å². The van der Waals surface area contributed by atoms with Gasteiger partial charge in [-0.05, 0) is 12.1 Å². The van der Waals surface area contributed by atoms with Gasteiger partial charge in [-0.2, -0.15) is 10.4 Å². The van der Waals surface area contributed by atoms with E-state index < -0.39 is 4.92 Å². The third-order valence-electron chi connectivity index (χ3n) is 2.23. The maximum absolute atomic E-state index is 10.8. The van der Waals surface area contributed by atoms with Gasteiger partial charge in [0.1, 0.15) is 5.69 Å². The first-order valence-electron chi connectivity index (χ1n) is 4.87. The molecule has 17 heavy (non-hydrogen) atoms. The van der Waals surface area contributed by atoms with Gasteiger partial charge in [-0.3, -0.25) is 10.1 Å². The molecule has 0 amide bonds. The second-order valence-electron chi connectivity index (χ2n) is 3.33. The molecule has 6 nitrogen and oxygen atoms in total. The summed E-state index contributed by atoms with van der Waals surface area (Å²) in [5.74, 6) is 0. The number of benzene rings is 1. The molecular formula is C11H8N4O2. The molecule has 0 aliphatic heterocycles. The Labute approximate surface area is 96.9 Å². The van der Waals surface area contributed by atoms with Crippen LogP contribution in [0.2, 0.25) is 0 Å². The fraction of sp³-hybridized carbons (Fsp3) is 0.0909. The molecular weight excluding hydrogens is 220 g/mol. The second kappa shape index (κ2) is 4.45. The molecule has 1 aromatic heterocycles. The number of nitro benzene ring substituents is 1. The monoisotopic (exact) mass is 228 g/mol. The van der Waals surface area contributed by atoms with Crippen LogP contribution < -0.4 is 0 Å². The van der Waals surface area contributed by atoms with Crippen molar-refractivity contribution in [2.75, 3.05) is 0 Å². The average Bonchev–Trinajstić information content (AvgIpc) is 2.78. The zero-order valence-corrected chi connectivity index (χ0v) is 8.78. The number of nitrogens with zero attached hydrogens (tertiary/aromatic N) is 4. The Morgan fingerprint density at radius 2 is 2.18 bits per heavy atom. The Bertz CT molecular complexity index is 598. The molecule has 0 spiro atoms. The summed E-state index contributed by atoms with van der Waals surface area (Å²) in [6, 6.07) is 9.97. The zero-order valence-electron chi connectivity index (χ0n) is 8.78. The fourth-order valence-corrected chi connectivity index (χ4v) is 1.48. The van der Waals surface area contributed by atoms with Gasteiger partial charge in [0.15, 0.2) is 0 Å². The fourth-order valence-electron chi connectivity index (χ4n) is 1.48. The van der Waals surface area contributed by atoms with Crippen molar-refractivity contribution in [2.24, 2.45) is 0 Å². The Kier molecular flexibility index (Phi) is 2.83.